The van der Waals surface area contributed by atoms with E-state index in [0.29, 0.717) is 24.5 Å². The third-order valence-corrected chi connectivity index (χ3v) is 5.48. The molecule has 7 heteroatoms. The van der Waals surface area contributed by atoms with Gasteiger partial charge in [0, 0.05) is 18.8 Å². The van der Waals surface area contributed by atoms with E-state index in [0.717, 1.165) is 37.1 Å². The Kier molecular flexibility index (Phi) is 5.58. The zero-order chi connectivity index (χ0) is 20.4. The summed E-state index contributed by atoms with van der Waals surface area (Å²) in [5, 5.41) is 2.78. The molecule has 1 fully saturated rings. The van der Waals surface area contributed by atoms with E-state index in [1.807, 2.05) is 6.07 Å². The van der Waals surface area contributed by atoms with E-state index in [2.05, 4.69) is 5.32 Å². The number of aromatic nitrogens is 1. The first-order valence-corrected chi connectivity index (χ1v) is 10.0. The molecule has 0 bridgehead atoms. The monoisotopic (exact) mass is 397 g/mol. The van der Waals surface area contributed by atoms with Crippen LogP contribution in [0.5, 0.6) is 0 Å². The number of aryl methyl sites for hydroxylation is 1. The Morgan fingerprint density at radius 2 is 2.00 bits per heavy atom. The number of halogens is 1. The van der Waals surface area contributed by atoms with E-state index in [-0.39, 0.29) is 23.7 Å². The number of hydrogen-bond donors (Lipinski definition) is 1. The second-order valence-corrected chi connectivity index (χ2v) is 7.51. The van der Waals surface area contributed by atoms with Gasteiger partial charge >= 0.3 is 0 Å². The van der Waals surface area contributed by atoms with Crippen LogP contribution < -0.4 is 10.2 Å². The highest BCUT2D eigenvalue weighted by molar-refractivity contribution is 5.98. The van der Waals surface area contributed by atoms with Gasteiger partial charge < -0.3 is 15.0 Å². The van der Waals surface area contributed by atoms with Crippen molar-refractivity contribution in [3.63, 3.8) is 0 Å². The molecule has 2 aromatic rings. The van der Waals surface area contributed by atoms with Crippen molar-refractivity contribution < 1.29 is 18.7 Å². The zero-order valence-electron chi connectivity index (χ0n) is 16.4. The van der Waals surface area contributed by atoms with E-state index in [9.17, 15) is 14.0 Å². The predicted molar refractivity (Wildman–Crippen MR) is 107 cm³/mol. The van der Waals surface area contributed by atoms with Crippen LogP contribution in [0.1, 0.15) is 43.5 Å². The molecule has 29 heavy (non-hydrogen) atoms. The number of nitrogens with one attached hydrogen (secondary N) is 1. The first-order valence-electron chi connectivity index (χ1n) is 10.0. The third-order valence-electron chi connectivity index (χ3n) is 5.48. The van der Waals surface area contributed by atoms with Crippen molar-refractivity contribution in [2.45, 2.75) is 44.6 Å². The number of hydrogen-bond acceptors (Lipinski definition) is 4. The lowest BCUT2D eigenvalue weighted by molar-refractivity contribution is -0.127. The van der Waals surface area contributed by atoms with Gasteiger partial charge in [0.2, 0.25) is 5.91 Å². The second-order valence-electron chi connectivity index (χ2n) is 7.51. The molecule has 2 amide bonds. The number of pyridine rings is 1. The molecule has 0 radical (unpaired) electrons. The fourth-order valence-corrected chi connectivity index (χ4v) is 3.80. The van der Waals surface area contributed by atoms with Gasteiger partial charge in [-0.15, -0.1) is 0 Å². The molecule has 6 nitrogen and oxygen atoms in total. The number of benzene rings is 1. The summed E-state index contributed by atoms with van der Waals surface area (Å²) in [6.07, 6.45) is 2.91. The highest BCUT2D eigenvalue weighted by Crippen LogP contribution is 2.30. The first-order chi connectivity index (χ1) is 14.0. The molecule has 1 aromatic carbocycles. The maximum atomic E-state index is 13.0. The van der Waals surface area contributed by atoms with Crippen molar-refractivity contribution in [1.82, 2.24) is 4.98 Å². The van der Waals surface area contributed by atoms with E-state index in [4.69, 9.17) is 9.72 Å². The van der Waals surface area contributed by atoms with E-state index in [1.165, 1.54) is 24.3 Å². The lowest BCUT2D eigenvalue weighted by Gasteiger charge is -2.31. The Balaban J connectivity index is 1.50. The summed E-state index contributed by atoms with van der Waals surface area (Å²) < 4.78 is 18.6. The standard InChI is InChI=1S/C22H24FN3O3/c1-14(21(27)24-16-8-6-15(23)7-9-16)17-10-11-19-18(25-17)4-2-12-26(19)22(28)20-5-3-13-29-20/h6-11,14,20H,2-5,12-13H2,1H3,(H,24,27). The van der Waals surface area contributed by atoms with Crippen molar-refractivity contribution >= 4 is 23.2 Å². The molecule has 2 aliphatic heterocycles. The van der Waals surface area contributed by atoms with E-state index >= 15 is 0 Å². The topological polar surface area (TPSA) is 71.5 Å². The Hall–Kier alpha value is -2.80. The molecule has 0 aliphatic carbocycles. The second kappa shape index (κ2) is 8.29. The molecule has 1 N–H and O–H groups in total. The quantitative estimate of drug-likeness (QED) is 0.858. The van der Waals surface area contributed by atoms with E-state index in [1.54, 1.807) is 17.9 Å². The largest absolute Gasteiger partial charge is 0.368 e. The van der Waals surface area contributed by atoms with Gasteiger partial charge in [-0.25, -0.2) is 4.39 Å². The van der Waals surface area contributed by atoms with Crippen LogP contribution in [0.15, 0.2) is 36.4 Å². The maximum absolute atomic E-state index is 13.0. The highest BCUT2D eigenvalue weighted by Gasteiger charge is 2.32. The highest BCUT2D eigenvalue weighted by atomic mass is 19.1. The number of nitrogens with zero attached hydrogens (tertiary/aromatic N) is 2. The summed E-state index contributed by atoms with van der Waals surface area (Å²) in [4.78, 5) is 31.9. The minimum Gasteiger partial charge on any atom is -0.368 e. The normalized spacial score (nSPS) is 19.5. The lowest BCUT2D eigenvalue weighted by atomic mass is 10.0. The summed E-state index contributed by atoms with van der Waals surface area (Å²) in [5.41, 5.74) is 2.83. The van der Waals surface area contributed by atoms with Gasteiger partial charge in [0.1, 0.15) is 11.9 Å². The Labute approximate surface area is 169 Å². The first kappa shape index (κ1) is 19.5. The number of rotatable bonds is 4. The average Bonchev–Trinajstić information content (AvgIpc) is 3.28. The molecule has 2 atom stereocenters. The van der Waals surface area contributed by atoms with Crippen LogP contribution in [0.4, 0.5) is 15.8 Å². The molecule has 3 heterocycles. The lowest BCUT2D eigenvalue weighted by Crippen LogP contribution is -2.42. The van der Waals surface area contributed by atoms with Crippen molar-refractivity contribution in [2.24, 2.45) is 0 Å². The van der Waals surface area contributed by atoms with Crippen LogP contribution in [-0.4, -0.2) is 36.1 Å². The molecule has 2 unspecified atom stereocenters. The van der Waals surface area contributed by atoms with Crippen LogP contribution in [0.25, 0.3) is 0 Å². The molecular formula is C22H24FN3O3. The summed E-state index contributed by atoms with van der Waals surface area (Å²) in [7, 11) is 0. The summed E-state index contributed by atoms with van der Waals surface area (Å²) in [6.45, 7) is 3.08. The summed E-state index contributed by atoms with van der Waals surface area (Å²) >= 11 is 0. The van der Waals surface area contributed by atoms with Crippen LogP contribution in [0.2, 0.25) is 0 Å². The summed E-state index contributed by atoms with van der Waals surface area (Å²) in [5.74, 6) is -1.05. The molecule has 1 saturated heterocycles. The number of carbonyl (C=O) groups is 2. The number of carbonyl (C=O) groups excluding carboxylic acids is 2. The number of amides is 2. The van der Waals surface area contributed by atoms with Crippen LogP contribution in [0.3, 0.4) is 0 Å². The smallest absolute Gasteiger partial charge is 0.256 e. The third kappa shape index (κ3) is 4.15. The Morgan fingerprint density at radius 3 is 2.72 bits per heavy atom. The molecule has 2 aliphatic rings. The van der Waals surface area contributed by atoms with Gasteiger partial charge in [-0.2, -0.15) is 0 Å². The van der Waals surface area contributed by atoms with Gasteiger partial charge in [-0.1, -0.05) is 0 Å². The van der Waals surface area contributed by atoms with Crippen molar-refractivity contribution in [3.8, 4) is 0 Å². The fraction of sp³-hybridized carbons (Fsp3) is 0.409. The molecule has 152 valence electrons. The number of anilines is 2. The molecule has 1 aromatic heterocycles. The molecule has 0 saturated carbocycles. The predicted octanol–water partition coefficient (Wildman–Crippen LogP) is 3.42. The molecule has 0 spiro atoms. The van der Waals surface area contributed by atoms with Gasteiger partial charge in [0.25, 0.3) is 5.91 Å². The van der Waals surface area contributed by atoms with Crippen molar-refractivity contribution in [2.75, 3.05) is 23.4 Å². The van der Waals surface area contributed by atoms with Crippen LogP contribution in [0, 0.1) is 5.82 Å². The number of fused-ring (bicyclic) bond motifs is 1. The zero-order valence-corrected chi connectivity index (χ0v) is 16.4. The van der Waals surface area contributed by atoms with Gasteiger partial charge in [-0.05, 0) is 69.0 Å². The Bertz CT molecular complexity index is 910. The fourth-order valence-electron chi connectivity index (χ4n) is 3.80. The molecule has 4 rings (SSSR count). The van der Waals surface area contributed by atoms with Crippen molar-refractivity contribution in [3.05, 3.63) is 53.6 Å². The van der Waals surface area contributed by atoms with Crippen LogP contribution in [-0.2, 0) is 20.7 Å². The van der Waals surface area contributed by atoms with Crippen LogP contribution >= 0.6 is 0 Å². The summed E-state index contributed by atoms with van der Waals surface area (Å²) in [6, 6.07) is 9.33. The SMILES string of the molecule is CC(C(=O)Nc1ccc(F)cc1)c1ccc2c(n1)CCCN2C(=O)C1CCCO1. The van der Waals surface area contributed by atoms with Gasteiger partial charge in [-0.3, -0.25) is 14.6 Å². The van der Waals surface area contributed by atoms with Gasteiger partial charge in [0.05, 0.1) is 23.0 Å². The van der Waals surface area contributed by atoms with Gasteiger partial charge in [0.15, 0.2) is 0 Å². The molecular weight excluding hydrogens is 373 g/mol. The minimum absolute atomic E-state index is 0.0000938. The maximum Gasteiger partial charge on any atom is 0.256 e. The minimum atomic E-state index is -0.477. The Morgan fingerprint density at radius 1 is 1.21 bits per heavy atom. The number of ether oxygens (including phenoxy) is 1. The average molecular weight is 397 g/mol. The van der Waals surface area contributed by atoms with Crippen molar-refractivity contribution in [1.29, 1.82) is 0 Å². The van der Waals surface area contributed by atoms with E-state index < -0.39 is 5.92 Å².